The highest BCUT2D eigenvalue weighted by Crippen LogP contribution is 2.35. The number of nitrogens with one attached hydrogen (secondary N) is 1. The Morgan fingerprint density at radius 3 is 2.94 bits per heavy atom. The van der Waals surface area contributed by atoms with Crippen molar-refractivity contribution in [3.05, 3.63) is 12.2 Å². The molecule has 1 fully saturated rings. The highest BCUT2D eigenvalue weighted by molar-refractivity contribution is 5.04. The lowest BCUT2D eigenvalue weighted by molar-refractivity contribution is -0.0918. The Hall–Kier alpha value is -0.940. The molecule has 2 heterocycles. The summed E-state index contributed by atoms with van der Waals surface area (Å²) in [5.41, 5.74) is -0.172. The van der Waals surface area contributed by atoms with Crippen LogP contribution in [0, 0.1) is 0 Å². The lowest BCUT2D eigenvalue weighted by atomic mass is 9.87. The number of rotatable bonds is 4. The third kappa shape index (κ3) is 2.50. The fourth-order valence-corrected chi connectivity index (χ4v) is 2.53. The summed E-state index contributed by atoms with van der Waals surface area (Å²) in [7, 11) is 1.93. The largest absolute Gasteiger partial charge is 0.373 e. The van der Waals surface area contributed by atoms with Gasteiger partial charge < -0.3 is 10.1 Å². The molecule has 0 amide bonds. The minimum Gasteiger partial charge on any atom is -0.373 e. The second-order valence-electron chi connectivity index (χ2n) is 4.85. The molecule has 17 heavy (non-hydrogen) atoms. The van der Waals surface area contributed by atoms with Crippen molar-refractivity contribution in [2.45, 2.75) is 44.8 Å². The number of nitrogens with zero attached hydrogens (tertiary/aromatic N) is 3. The van der Waals surface area contributed by atoms with E-state index in [-0.39, 0.29) is 11.6 Å². The Balaban J connectivity index is 2.25. The van der Waals surface area contributed by atoms with E-state index in [2.05, 4.69) is 29.2 Å². The minimum absolute atomic E-state index is 0.111. The molecular weight excluding hydrogens is 216 g/mol. The van der Waals surface area contributed by atoms with Gasteiger partial charge in [-0.15, -0.1) is 0 Å². The van der Waals surface area contributed by atoms with Gasteiger partial charge in [0.15, 0.2) is 0 Å². The van der Waals surface area contributed by atoms with E-state index in [4.69, 9.17) is 4.74 Å². The average Bonchev–Trinajstić information content (AvgIpc) is 2.73. The molecule has 0 spiro atoms. The minimum atomic E-state index is -0.172. The monoisotopic (exact) mass is 238 g/mol. The molecule has 2 rings (SSSR count). The third-order valence-electron chi connectivity index (χ3n) is 3.52. The molecule has 0 saturated carbocycles. The van der Waals surface area contributed by atoms with Crippen molar-refractivity contribution in [2.75, 3.05) is 13.2 Å². The van der Waals surface area contributed by atoms with Gasteiger partial charge in [-0.3, -0.25) is 4.68 Å². The molecule has 1 aliphatic rings. The van der Waals surface area contributed by atoms with Gasteiger partial charge in [0.25, 0.3) is 0 Å². The molecule has 0 bridgehead atoms. The Morgan fingerprint density at radius 2 is 2.41 bits per heavy atom. The van der Waals surface area contributed by atoms with Crippen LogP contribution < -0.4 is 5.32 Å². The van der Waals surface area contributed by atoms with Crippen molar-refractivity contribution in [2.24, 2.45) is 7.05 Å². The third-order valence-corrected chi connectivity index (χ3v) is 3.52. The Labute approximate surface area is 103 Å². The van der Waals surface area contributed by atoms with E-state index in [1.165, 1.54) is 6.42 Å². The molecule has 1 aliphatic heterocycles. The highest BCUT2D eigenvalue weighted by Gasteiger charge is 2.39. The zero-order valence-electron chi connectivity index (χ0n) is 10.9. The summed E-state index contributed by atoms with van der Waals surface area (Å²) in [4.78, 5) is 4.36. The molecule has 5 nitrogen and oxygen atoms in total. The molecule has 2 atom stereocenters. The average molecular weight is 238 g/mol. The molecular formula is C12H22N4O. The zero-order chi connectivity index (χ0) is 12.3. The zero-order valence-corrected chi connectivity index (χ0v) is 10.9. The fourth-order valence-electron chi connectivity index (χ4n) is 2.53. The van der Waals surface area contributed by atoms with E-state index in [1.54, 1.807) is 6.33 Å². The molecule has 1 aromatic rings. The van der Waals surface area contributed by atoms with Crippen molar-refractivity contribution in [1.82, 2.24) is 20.1 Å². The Kier molecular flexibility index (Phi) is 3.79. The first-order valence-corrected chi connectivity index (χ1v) is 6.38. The maximum atomic E-state index is 6.02. The Morgan fingerprint density at radius 1 is 1.59 bits per heavy atom. The molecule has 1 aromatic heterocycles. The van der Waals surface area contributed by atoms with Gasteiger partial charge in [0, 0.05) is 13.7 Å². The predicted octanol–water partition coefficient (Wildman–Crippen LogP) is 1.42. The van der Waals surface area contributed by atoms with E-state index in [1.807, 2.05) is 11.7 Å². The Bertz CT molecular complexity index is 357. The molecule has 1 saturated heterocycles. The van der Waals surface area contributed by atoms with Gasteiger partial charge >= 0.3 is 0 Å². The summed E-state index contributed by atoms with van der Waals surface area (Å²) in [5.74, 6) is 0.955. The van der Waals surface area contributed by atoms with Crippen LogP contribution in [-0.4, -0.2) is 33.5 Å². The number of hydrogen-bond donors (Lipinski definition) is 1. The van der Waals surface area contributed by atoms with Gasteiger partial charge in [-0.2, -0.15) is 5.10 Å². The topological polar surface area (TPSA) is 52.0 Å². The van der Waals surface area contributed by atoms with Crippen LogP contribution in [0.25, 0.3) is 0 Å². The van der Waals surface area contributed by atoms with Crippen molar-refractivity contribution >= 4 is 0 Å². The van der Waals surface area contributed by atoms with E-state index in [9.17, 15) is 0 Å². The molecule has 0 aromatic carbocycles. The SMILES string of the molecule is CCNC(c1ncnn1C)C1(C)CCCCO1. The van der Waals surface area contributed by atoms with Gasteiger partial charge in [0.1, 0.15) is 12.2 Å². The number of aryl methyl sites for hydroxylation is 1. The second kappa shape index (κ2) is 5.14. The molecule has 5 heteroatoms. The smallest absolute Gasteiger partial charge is 0.146 e. The first kappa shape index (κ1) is 12.5. The number of aromatic nitrogens is 3. The summed E-state index contributed by atoms with van der Waals surface area (Å²) < 4.78 is 7.85. The molecule has 0 aliphatic carbocycles. The highest BCUT2D eigenvalue weighted by atomic mass is 16.5. The number of hydrogen-bond acceptors (Lipinski definition) is 4. The van der Waals surface area contributed by atoms with Gasteiger partial charge in [0.05, 0.1) is 11.6 Å². The van der Waals surface area contributed by atoms with Crippen molar-refractivity contribution in [3.8, 4) is 0 Å². The van der Waals surface area contributed by atoms with Crippen molar-refractivity contribution in [1.29, 1.82) is 0 Å². The van der Waals surface area contributed by atoms with Crippen LogP contribution in [0.2, 0.25) is 0 Å². The molecule has 0 radical (unpaired) electrons. The molecule has 96 valence electrons. The number of likely N-dealkylation sites (N-methyl/N-ethyl adjacent to an activating group) is 1. The van der Waals surface area contributed by atoms with Crippen LogP contribution in [0.15, 0.2) is 6.33 Å². The normalized spacial score (nSPS) is 27.0. The van der Waals surface area contributed by atoms with E-state index < -0.39 is 0 Å². The standard InChI is InChI=1S/C12H22N4O/c1-4-13-10(11-14-9-15-16(11)3)12(2)7-5-6-8-17-12/h9-10,13H,4-8H2,1-3H3. The van der Waals surface area contributed by atoms with Gasteiger partial charge in [-0.1, -0.05) is 6.92 Å². The lowest BCUT2D eigenvalue weighted by Crippen LogP contribution is -2.47. The van der Waals surface area contributed by atoms with Crippen LogP contribution in [0.5, 0.6) is 0 Å². The molecule has 2 unspecified atom stereocenters. The van der Waals surface area contributed by atoms with Crippen molar-refractivity contribution in [3.63, 3.8) is 0 Å². The summed E-state index contributed by atoms with van der Waals surface area (Å²) in [5, 5.41) is 7.64. The predicted molar refractivity (Wildman–Crippen MR) is 65.6 cm³/mol. The first-order valence-electron chi connectivity index (χ1n) is 6.38. The van der Waals surface area contributed by atoms with E-state index >= 15 is 0 Å². The van der Waals surface area contributed by atoms with Crippen LogP contribution in [-0.2, 0) is 11.8 Å². The van der Waals surface area contributed by atoms with Gasteiger partial charge in [0.2, 0.25) is 0 Å². The molecule has 1 N–H and O–H groups in total. The van der Waals surface area contributed by atoms with Crippen LogP contribution in [0.4, 0.5) is 0 Å². The maximum absolute atomic E-state index is 6.02. The first-order chi connectivity index (χ1) is 8.17. The van der Waals surface area contributed by atoms with Crippen LogP contribution >= 0.6 is 0 Å². The lowest BCUT2D eigenvalue weighted by Gasteiger charge is -2.40. The fraction of sp³-hybridized carbons (Fsp3) is 0.833. The van der Waals surface area contributed by atoms with E-state index in [0.717, 1.165) is 31.8 Å². The van der Waals surface area contributed by atoms with Crippen LogP contribution in [0.1, 0.15) is 45.0 Å². The van der Waals surface area contributed by atoms with Gasteiger partial charge in [-0.25, -0.2) is 4.98 Å². The van der Waals surface area contributed by atoms with Crippen LogP contribution in [0.3, 0.4) is 0 Å². The summed E-state index contributed by atoms with van der Waals surface area (Å²) in [6, 6.07) is 0.111. The summed E-state index contributed by atoms with van der Waals surface area (Å²) in [6.45, 7) is 6.02. The van der Waals surface area contributed by atoms with Crippen molar-refractivity contribution < 1.29 is 4.74 Å². The summed E-state index contributed by atoms with van der Waals surface area (Å²) in [6.07, 6.45) is 5.05. The van der Waals surface area contributed by atoms with Gasteiger partial charge in [-0.05, 0) is 32.7 Å². The second-order valence-corrected chi connectivity index (χ2v) is 4.85. The maximum Gasteiger partial charge on any atom is 0.146 e. The number of ether oxygens (including phenoxy) is 1. The van der Waals surface area contributed by atoms with E-state index in [0.29, 0.717) is 0 Å². The quantitative estimate of drug-likeness (QED) is 0.862. The summed E-state index contributed by atoms with van der Waals surface area (Å²) >= 11 is 0.